The highest BCUT2D eigenvalue weighted by Gasteiger charge is 2.19. The summed E-state index contributed by atoms with van der Waals surface area (Å²) in [7, 11) is 0. The second kappa shape index (κ2) is 17.6. The van der Waals surface area contributed by atoms with E-state index in [2.05, 4.69) is 35.3 Å². The van der Waals surface area contributed by atoms with Gasteiger partial charge in [-0.15, -0.1) is 0 Å². The molecule has 0 radical (unpaired) electrons. The molecule has 3 rings (SSSR count). The van der Waals surface area contributed by atoms with Crippen molar-refractivity contribution in [3.63, 3.8) is 0 Å². The third-order valence-corrected chi connectivity index (χ3v) is 8.17. The zero-order valence-corrected chi connectivity index (χ0v) is 25.5. The lowest BCUT2D eigenvalue weighted by Crippen LogP contribution is -2.34. The molecule has 0 fully saturated rings. The predicted octanol–water partition coefficient (Wildman–Crippen LogP) is 8.93. The summed E-state index contributed by atoms with van der Waals surface area (Å²) in [6.07, 6.45) is 17.4. The number of unbranched alkanes of at least 4 members (excludes halogenated alkanes) is 11. The Morgan fingerprint density at radius 1 is 0.825 bits per heavy atom. The van der Waals surface area contributed by atoms with Crippen molar-refractivity contribution in [2.75, 3.05) is 11.9 Å². The molecule has 1 heterocycles. The number of thiazole rings is 1. The first kappa shape index (κ1) is 31.5. The minimum atomic E-state index is -0.274. The second-order valence-electron chi connectivity index (χ2n) is 10.7. The number of para-hydroxylation sites is 1. The molecule has 1 N–H and O–H groups in total. The first-order valence-corrected chi connectivity index (χ1v) is 16.0. The van der Waals surface area contributed by atoms with Crippen LogP contribution in [-0.4, -0.2) is 18.3 Å². The molecular formula is C34H47N2O3S+. The van der Waals surface area contributed by atoms with Crippen LogP contribution in [0.4, 0.5) is 5.69 Å². The molecule has 0 aliphatic rings. The van der Waals surface area contributed by atoms with Gasteiger partial charge < -0.3 is 10.1 Å². The molecule has 0 aliphatic carbocycles. The third-order valence-electron chi connectivity index (χ3n) is 7.33. The summed E-state index contributed by atoms with van der Waals surface area (Å²) in [6.45, 7) is 7.17. The lowest BCUT2D eigenvalue weighted by molar-refractivity contribution is -0.689. The van der Waals surface area contributed by atoms with E-state index in [4.69, 9.17) is 4.74 Å². The van der Waals surface area contributed by atoms with Crippen molar-refractivity contribution in [1.82, 2.24) is 0 Å². The van der Waals surface area contributed by atoms with Crippen LogP contribution in [0.15, 0.2) is 54.0 Å². The van der Waals surface area contributed by atoms with Gasteiger partial charge in [-0.25, -0.2) is 0 Å². The maximum Gasteiger partial charge on any atom is 0.259 e. The van der Waals surface area contributed by atoms with E-state index in [0.29, 0.717) is 29.2 Å². The molecule has 0 saturated carbocycles. The zero-order chi connectivity index (χ0) is 28.6. The minimum absolute atomic E-state index is 0.107. The summed E-state index contributed by atoms with van der Waals surface area (Å²) < 4.78 is 8.29. The number of ether oxygens (including phenoxy) is 1. The number of benzene rings is 2. The number of amides is 1. The first-order chi connectivity index (χ1) is 19.5. The maximum absolute atomic E-state index is 13.2. The molecule has 0 saturated heterocycles. The van der Waals surface area contributed by atoms with E-state index in [0.717, 1.165) is 24.9 Å². The van der Waals surface area contributed by atoms with E-state index >= 15 is 0 Å². The molecule has 5 nitrogen and oxygen atoms in total. The van der Waals surface area contributed by atoms with Gasteiger partial charge in [0, 0.05) is 18.2 Å². The van der Waals surface area contributed by atoms with E-state index < -0.39 is 0 Å². The Bertz CT molecular complexity index is 1190. The quantitative estimate of drug-likeness (QED) is 0.0900. The summed E-state index contributed by atoms with van der Waals surface area (Å²) in [4.78, 5) is 25.5. The maximum atomic E-state index is 13.2. The Balaban J connectivity index is 1.46. The third kappa shape index (κ3) is 10.5. The van der Waals surface area contributed by atoms with Gasteiger partial charge in [-0.2, -0.15) is 4.57 Å². The molecule has 6 heteroatoms. The number of carbonyl (C=O) groups is 2. The molecule has 0 aliphatic heterocycles. The number of nitrogens with zero attached hydrogens (tertiary/aromatic N) is 1. The highest BCUT2D eigenvalue weighted by atomic mass is 32.1. The fraction of sp³-hybridized carbons (Fsp3) is 0.500. The zero-order valence-electron chi connectivity index (χ0n) is 24.7. The summed E-state index contributed by atoms with van der Waals surface area (Å²) in [5, 5.41) is 6.31. The fourth-order valence-electron chi connectivity index (χ4n) is 4.89. The van der Waals surface area contributed by atoms with E-state index in [1.54, 1.807) is 29.5 Å². The Labute approximate surface area is 245 Å². The molecule has 0 atom stereocenters. The van der Waals surface area contributed by atoms with Gasteiger partial charge in [0.05, 0.1) is 23.1 Å². The van der Waals surface area contributed by atoms with Crippen LogP contribution in [0, 0.1) is 6.92 Å². The van der Waals surface area contributed by atoms with E-state index in [-0.39, 0.29) is 11.7 Å². The van der Waals surface area contributed by atoms with Crippen molar-refractivity contribution < 1.29 is 18.9 Å². The number of ketones is 1. The molecular weight excluding hydrogens is 516 g/mol. The molecule has 1 aromatic heterocycles. The average molecular weight is 564 g/mol. The number of nitrogens with one attached hydrogen (secondary N) is 1. The van der Waals surface area contributed by atoms with Gasteiger partial charge in [0.25, 0.3) is 5.91 Å². The number of anilines is 1. The number of aromatic nitrogens is 1. The van der Waals surface area contributed by atoms with Crippen LogP contribution >= 0.6 is 11.3 Å². The van der Waals surface area contributed by atoms with E-state index in [1.165, 1.54) is 76.1 Å². The van der Waals surface area contributed by atoms with Crippen LogP contribution in [0.1, 0.15) is 122 Å². The van der Waals surface area contributed by atoms with Gasteiger partial charge in [0.15, 0.2) is 18.5 Å². The molecule has 3 aromatic rings. The fourth-order valence-corrected chi connectivity index (χ4v) is 5.56. The van der Waals surface area contributed by atoms with Crippen LogP contribution in [0.5, 0.6) is 5.75 Å². The molecule has 0 spiro atoms. The Morgan fingerprint density at radius 3 is 2.00 bits per heavy atom. The Morgan fingerprint density at radius 2 is 1.43 bits per heavy atom. The molecule has 1 amide bonds. The summed E-state index contributed by atoms with van der Waals surface area (Å²) >= 11 is 1.72. The van der Waals surface area contributed by atoms with E-state index in [9.17, 15) is 9.59 Å². The number of hydrogen-bond donors (Lipinski definition) is 1. The highest BCUT2D eigenvalue weighted by molar-refractivity contribution is 7.09. The standard InChI is InChI=1S/C34H46N2O3S/c1-4-5-6-7-8-9-10-11-12-13-14-15-24-39-33-31(27(2)37)17-16-18-32(33)34(38)35-30-21-19-29(20-22-30)26-36-23-25-40-28(36)3/h16-23,25H,4-15,24,26H2,1-3H3/p+1. The smallest absolute Gasteiger partial charge is 0.259 e. The topological polar surface area (TPSA) is 59.3 Å². The van der Waals surface area contributed by atoms with Gasteiger partial charge in [0.1, 0.15) is 5.75 Å². The lowest BCUT2D eigenvalue weighted by Gasteiger charge is -2.15. The number of carbonyl (C=O) groups excluding carboxylic acids is 2. The first-order valence-electron chi connectivity index (χ1n) is 15.1. The summed E-state index contributed by atoms with van der Waals surface area (Å²) in [5.41, 5.74) is 2.71. The Kier molecular flexibility index (Phi) is 13.9. The minimum Gasteiger partial charge on any atom is -0.492 e. The van der Waals surface area contributed by atoms with Crippen molar-refractivity contribution in [3.8, 4) is 5.75 Å². The second-order valence-corrected chi connectivity index (χ2v) is 11.8. The summed E-state index contributed by atoms with van der Waals surface area (Å²) in [6, 6.07) is 13.1. The van der Waals surface area contributed by atoms with Crippen LogP contribution < -0.4 is 14.6 Å². The van der Waals surface area contributed by atoms with Crippen LogP contribution in [0.3, 0.4) is 0 Å². The summed E-state index contributed by atoms with van der Waals surface area (Å²) in [5.74, 6) is 0.00467. The number of hydrogen-bond acceptors (Lipinski definition) is 4. The molecule has 40 heavy (non-hydrogen) atoms. The number of rotatable bonds is 19. The van der Waals surface area contributed by atoms with Crippen molar-refractivity contribution in [2.45, 2.75) is 104 Å². The highest BCUT2D eigenvalue weighted by Crippen LogP contribution is 2.26. The van der Waals surface area contributed by atoms with Crippen LogP contribution in [-0.2, 0) is 6.54 Å². The van der Waals surface area contributed by atoms with Gasteiger partial charge in [0.2, 0.25) is 5.01 Å². The monoisotopic (exact) mass is 563 g/mol. The lowest BCUT2D eigenvalue weighted by atomic mass is 10.0. The van der Waals surface area contributed by atoms with E-state index in [1.807, 2.05) is 24.3 Å². The van der Waals surface area contributed by atoms with Crippen LogP contribution in [0.2, 0.25) is 0 Å². The van der Waals surface area contributed by atoms with Crippen molar-refractivity contribution in [3.05, 3.63) is 75.7 Å². The Hall–Kier alpha value is -2.99. The number of aryl methyl sites for hydroxylation is 1. The molecule has 0 bridgehead atoms. The molecule has 0 unspecified atom stereocenters. The van der Waals surface area contributed by atoms with Gasteiger partial charge in [-0.1, -0.05) is 107 Å². The normalized spacial score (nSPS) is 11.0. The van der Waals surface area contributed by atoms with Crippen LogP contribution in [0.25, 0.3) is 0 Å². The van der Waals surface area contributed by atoms with Crippen molar-refractivity contribution in [2.24, 2.45) is 0 Å². The van der Waals surface area contributed by atoms with Gasteiger partial charge in [-0.3, -0.25) is 9.59 Å². The largest absolute Gasteiger partial charge is 0.492 e. The van der Waals surface area contributed by atoms with Crippen molar-refractivity contribution >= 4 is 28.7 Å². The molecule has 216 valence electrons. The predicted molar refractivity (Wildman–Crippen MR) is 166 cm³/mol. The van der Waals surface area contributed by atoms with Gasteiger partial charge in [-0.05, 0) is 37.6 Å². The average Bonchev–Trinajstić information content (AvgIpc) is 3.36. The SMILES string of the molecule is CCCCCCCCCCCCCCOc1c(C(C)=O)cccc1C(=O)Nc1ccc(C[n+]2ccsc2C)cc1. The molecule has 2 aromatic carbocycles. The van der Waals surface area contributed by atoms with Gasteiger partial charge >= 0.3 is 0 Å². The van der Waals surface area contributed by atoms with Crippen molar-refractivity contribution in [1.29, 1.82) is 0 Å². The number of Topliss-reactive ketones (excluding diaryl/α,β-unsaturated/α-hetero) is 1.